The molecule has 8 heteroatoms. The number of nitriles is 1. The molecule has 0 saturated carbocycles. The van der Waals surface area contributed by atoms with Crippen molar-refractivity contribution in [2.45, 2.75) is 0 Å². The number of hydrogen-bond acceptors (Lipinski definition) is 4. The van der Waals surface area contributed by atoms with Crippen LogP contribution in [-0.2, 0) is 9.59 Å². The smallest absolute Gasteiger partial charge is 0.341 e. The fraction of sp³-hybridized carbons (Fsp3) is 0.214. The number of ether oxygens (including phenoxy) is 1. The number of likely N-dealkylation sites (N-methyl/N-ethyl adjacent to an activating group) is 1. The van der Waals surface area contributed by atoms with Crippen molar-refractivity contribution >= 4 is 41.2 Å². The van der Waals surface area contributed by atoms with Crippen molar-refractivity contribution in [3.05, 3.63) is 33.3 Å². The average Bonchev–Trinajstić information content (AvgIpc) is 2.42. The van der Waals surface area contributed by atoms with Crippen molar-refractivity contribution in [3.8, 4) is 11.8 Å². The molecule has 0 spiro atoms. The highest BCUT2D eigenvalue weighted by Crippen LogP contribution is 2.34. The zero-order chi connectivity index (χ0) is 16.9. The lowest BCUT2D eigenvalue weighted by Gasteiger charge is -2.10. The van der Waals surface area contributed by atoms with E-state index in [0.717, 1.165) is 0 Å². The van der Waals surface area contributed by atoms with Crippen molar-refractivity contribution in [2.24, 2.45) is 0 Å². The number of halogens is 2. The SMILES string of the molecule is CN(C)C(=O)/C(C#N)=C\c1cc(Cl)c(OCC(=O)O)c(Cl)c1. The van der Waals surface area contributed by atoms with E-state index < -0.39 is 18.5 Å². The maximum absolute atomic E-state index is 11.8. The van der Waals surface area contributed by atoms with Gasteiger partial charge in [0, 0.05) is 14.1 Å². The van der Waals surface area contributed by atoms with E-state index in [0.29, 0.717) is 5.56 Å². The van der Waals surface area contributed by atoms with E-state index in [1.165, 1.54) is 37.2 Å². The van der Waals surface area contributed by atoms with E-state index in [1.807, 2.05) is 0 Å². The predicted molar refractivity (Wildman–Crippen MR) is 81.9 cm³/mol. The first-order chi connectivity index (χ1) is 10.3. The molecule has 0 atom stereocenters. The summed E-state index contributed by atoms with van der Waals surface area (Å²) in [5.74, 6) is -1.60. The number of carboxylic acid groups (broad SMARTS) is 1. The zero-order valence-corrected chi connectivity index (χ0v) is 13.3. The van der Waals surface area contributed by atoms with E-state index in [-0.39, 0.29) is 21.4 Å². The van der Waals surface area contributed by atoms with Crippen LogP contribution in [0, 0.1) is 11.3 Å². The highest BCUT2D eigenvalue weighted by Gasteiger charge is 2.14. The molecule has 0 bridgehead atoms. The Morgan fingerprint density at radius 1 is 1.36 bits per heavy atom. The summed E-state index contributed by atoms with van der Waals surface area (Å²) in [4.78, 5) is 23.5. The second-order valence-electron chi connectivity index (χ2n) is 4.37. The van der Waals surface area contributed by atoms with Gasteiger partial charge in [-0.05, 0) is 23.8 Å². The number of carboxylic acids is 1. The van der Waals surface area contributed by atoms with Gasteiger partial charge in [-0.15, -0.1) is 0 Å². The lowest BCUT2D eigenvalue weighted by Crippen LogP contribution is -2.22. The molecular formula is C14H12Cl2N2O4. The Labute approximate surface area is 137 Å². The van der Waals surface area contributed by atoms with Crippen molar-refractivity contribution in [2.75, 3.05) is 20.7 Å². The number of carbonyl (C=O) groups excluding carboxylic acids is 1. The summed E-state index contributed by atoms with van der Waals surface area (Å²) in [6, 6.07) is 4.64. The fourth-order valence-corrected chi connectivity index (χ4v) is 2.10. The Morgan fingerprint density at radius 3 is 2.32 bits per heavy atom. The molecule has 0 heterocycles. The fourth-order valence-electron chi connectivity index (χ4n) is 1.48. The molecule has 0 saturated heterocycles. The van der Waals surface area contributed by atoms with E-state index in [9.17, 15) is 9.59 Å². The normalized spacial score (nSPS) is 10.8. The van der Waals surface area contributed by atoms with Gasteiger partial charge in [-0.1, -0.05) is 23.2 Å². The number of hydrogen-bond donors (Lipinski definition) is 1. The summed E-state index contributed by atoms with van der Waals surface area (Å²) >= 11 is 12.0. The first kappa shape index (κ1) is 17.8. The summed E-state index contributed by atoms with van der Waals surface area (Å²) in [5, 5.41) is 17.8. The quantitative estimate of drug-likeness (QED) is 0.655. The van der Waals surface area contributed by atoms with Gasteiger partial charge in [0.25, 0.3) is 5.91 Å². The molecule has 6 nitrogen and oxygen atoms in total. The highest BCUT2D eigenvalue weighted by atomic mass is 35.5. The van der Waals surface area contributed by atoms with Gasteiger partial charge < -0.3 is 14.7 Å². The molecular weight excluding hydrogens is 331 g/mol. The van der Waals surface area contributed by atoms with Gasteiger partial charge in [-0.2, -0.15) is 5.26 Å². The van der Waals surface area contributed by atoms with Crippen molar-refractivity contribution in [1.82, 2.24) is 4.90 Å². The highest BCUT2D eigenvalue weighted by molar-refractivity contribution is 6.37. The number of carbonyl (C=O) groups is 2. The Hall–Kier alpha value is -2.23. The molecule has 0 unspecified atom stereocenters. The van der Waals surface area contributed by atoms with E-state index in [4.69, 9.17) is 38.3 Å². The molecule has 1 N–H and O–H groups in total. The molecule has 0 aliphatic rings. The summed E-state index contributed by atoms with van der Waals surface area (Å²) in [5.41, 5.74) is 0.334. The van der Waals surface area contributed by atoms with Crippen molar-refractivity contribution in [1.29, 1.82) is 5.26 Å². The largest absolute Gasteiger partial charge is 0.479 e. The summed E-state index contributed by atoms with van der Waals surface area (Å²) < 4.78 is 4.98. The number of aliphatic carboxylic acids is 1. The Balaban J connectivity index is 3.16. The van der Waals surface area contributed by atoms with E-state index >= 15 is 0 Å². The lowest BCUT2D eigenvalue weighted by molar-refractivity contribution is -0.139. The van der Waals surface area contributed by atoms with Gasteiger partial charge in [0.1, 0.15) is 11.6 Å². The third kappa shape index (κ3) is 4.65. The summed E-state index contributed by atoms with van der Waals surface area (Å²) in [6.07, 6.45) is 1.33. The molecule has 0 aliphatic heterocycles. The topological polar surface area (TPSA) is 90.6 Å². The second kappa shape index (κ2) is 7.69. The van der Waals surface area contributed by atoms with E-state index in [1.54, 1.807) is 6.07 Å². The van der Waals surface area contributed by atoms with Crippen molar-refractivity contribution in [3.63, 3.8) is 0 Å². The van der Waals surface area contributed by atoms with Crippen LogP contribution in [-0.4, -0.2) is 42.6 Å². The van der Waals surface area contributed by atoms with Crippen LogP contribution >= 0.6 is 23.2 Å². The average molecular weight is 343 g/mol. The Bertz CT molecular complexity index is 655. The van der Waals surface area contributed by atoms with Gasteiger partial charge in [-0.3, -0.25) is 4.79 Å². The minimum atomic E-state index is -1.17. The third-order valence-corrected chi connectivity index (χ3v) is 2.99. The van der Waals surface area contributed by atoms with Crippen LogP contribution in [0.15, 0.2) is 17.7 Å². The Kier molecular flexibility index (Phi) is 6.23. The molecule has 0 radical (unpaired) electrons. The molecule has 116 valence electrons. The Morgan fingerprint density at radius 2 is 1.91 bits per heavy atom. The summed E-state index contributed by atoms with van der Waals surface area (Å²) in [6.45, 7) is -0.586. The lowest BCUT2D eigenvalue weighted by atomic mass is 10.1. The minimum absolute atomic E-state index is 0.0281. The molecule has 0 aromatic heterocycles. The van der Waals surface area contributed by atoms with Crippen LogP contribution in [0.1, 0.15) is 5.56 Å². The van der Waals surface area contributed by atoms with Crippen LogP contribution in [0.25, 0.3) is 6.08 Å². The predicted octanol–water partition coefficient (Wildman–Crippen LogP) is 2.45. The van der Waals surface area contributed by atoms with Crippen LogP contribution in [0.2, 0.25) is 10.0 Å². The van der Waals surface area contributed by atoms with Crippen molar-refractivity contribution < 1.29 is 19.4 Å². The van der Waals surface area contributed by atoms with Gasteiger partial charge >= 0.3 is 5.97 Å². The number of nitrogens with zero attached hydrogens (tertiary/aromatic N) is 2. The van der Waals surface area contributed by atoms with Gasteiger partial charge in [-0.25, -0.2) is 4.79 Å². The van der Waals surface area contributed by atoms with Gasteiger partial charge in [0.15, 0.2) is 12.4 Å². The first-order valence-electron chi connectivity index (χ1n) is 5.93. The number of amides is 1. The molecule has 0 fully saturated rings. The monoisotopic (exact) mass is 342 g/mol. The third-order valence-electron chi connectivity index (χ3n) is 2.43. The van der Waals surface area contributed by atoms with Gasteiger partial charge in [0.05, 0.1) is 10.0 Å². The summed E-state index contributed by atoms with van der Waals surface area (Å²) in [7, 11) is 3.05. The maximum Gasteiger partial charge on any atom is 0.341 e. The molecule has 0 aliphatic carbocycles. The molecule has 1 amide bonds. The molecule has 1 rings (SSSR count). The van der Waals surface area contributed by atoms with Crippen LogP contribution in [0.3, 0.4) is 0 Å². The maximum atomic E-state index is 11.8. The number of benzene rings is 1. The molecule has 22 heavy (non-hydrogen) atoms. The minimum Gasteiger partial charge on any atom is -0.479 e. The second-order valence-corrected chi connectivity index (χ2v) is 5.18. The van der Waals surface area contributed by atoms with E-state index in [2.05, 4.69) is 0 Å². The number of rotatable bonds is 5. The van der Waals surface area contributed by atoms with Crippen LogP contribution < -0.4 is 4.74 Å². The molecule has 1 aromatic carbocycles. The first-order valence-corrected chi connectivity index (χ1v) is 6.69. The standard InChI is InChI=1S/C14H12Cl2N2O4/c1-18(2)14(21)9(6-17)3-8-4-10(15)13(11(16)5-8)22-7-12(19)20/h3-5H,7H2,1-2H3,(H,19,20)/b9-3-. The van der Waals surface area contributed by atoms with Crippen LogP contribution in [0.4, 0.5) is 0 Å². The molecule has 1 aromatic rings. The van der Waals surface area contributed by atoms with Crippen LogP contribution in [0.5, 0.6) is 5.75 Å². The van der Waals surface area contributed by atoms with Gasteiger partial charge in [0.2, 0.25) is 0 Å². The zero-order valence-electron chi connectivity index (χ0n) is 11.8.